The molecule has 0 saturated heterocycles. The van der Waals surface area contributed by atoms with E-state index < -0.39 is 11.6 Å². The molecule has 2 unspecified atom stereocenters. The topological polar surface area (TPSA) is 29.1 Å². The highest BCUT2D eigenvalue weighted by Gasteiger charge is 2.39. The lowest BCUT2D eigenvalue weighted by Crippen LogP contribution is -2.41. The maximum atomic E-state index is 15.9. The van der Waals surface area contributed by atoms with Gasteiger partial charge in [-0.1, -0.05) is 84.8 Å². The number of carbonyl (C=O) groups is 1. The fourth-order valence-corrected chi connectivity index (χ4v) is 2.73. The summed E-state index contributed by atoms with van der Waals surface area (Å²) >= 11 is 0. The highest BCUT2D eigenvalue weighted by Crippen LogP contribution is 2.27. The van der Waals surface area contributed by atoms with E-state index in [-0.39, 0.29) is 11.6 Å². The third-order valence-corrected chi connectivity index (χ3v) is 4.28. The molecule has 0 saturated carbocycles. The molecule has 0 aliphatic heterocycles. The largest absolute Gasteiger partial charge is 0.346 e. The number of nitrogens with one attached hydrogen (secondary N) is 1. The van der Waals surface area contributed by atoms with E-state index in [2.05, 4.69) is 17.2 Å². The summed E-state index contributed by atoms with van der Waals surface area (Å²) in [7, 11) is 0. The number of rotatable bonds is 4. The maximum absolute atomic E-state index is 15.9. The van der Waals surface area contributed by atoms with Gasteiger partial charge in [-0.05, 0) is 30.5 Å². The van der Waals surface area contributed by atoms with E-state index in [0.717, 1.165) is 5.56 Å². The van der Waals surface area contributed by atoms with Crippen LogP contribution in [0.15, 0.2) is 91.0 Å². The normalized spacial score (nSPS) is 13.6. The molecule has 3 heteroatoms. The monoisotopic (exact) mass is 357 g/mol. The Balaban J connectivity index is 1.92. The number of benzene rings is 3. The van der Waals surface area contributed by atoms with Crippen LogP contribution in [0.1, 0.15) is 29.7 Å². The molecule has 0 bridgehead atoms. The molecule has 1 amide bonds. The predicted molar refractivity (Wildman–Crippen MR) is 106 cm³/mol. The standard InChI is InChI=1S/C24H20FNO/c1-19(21-13-7-3-8-14-21)26-23(27)24(25,22-15-9-4-10-16-22)18-17-20-11-5-2-6-12-20/h2-16,19H,1H3,(H,26,27). The van der Waals surface area contributed by atoms with Crippen LogP contribution in [0.2, 0.25) is 0 Å². The first kappa shape index (κ1) is 18.4. The van der Waals surface area contributed by atoms with E-state index in [4.69, 9.17) is 0 Å². The summed E-state index contributed by atoms with van der Waals surface area (Å²) in [4.78, 5) is 12.9. The number of amides is 1. The molecule has 27 heavy (non-hydrogen) atoms. The highest BCUT2D eigenvalue weighted by atomic mass is 19.1. The Labute approximate surface area is 159 Å². The molecule has 134 valence electrons. The number of carbonyl (C=O) groups excluding carboxylic acids is 1. The fourth-order valence-electron chi connectivity index (χ4n) is 2.73. The Hall–Kier alpha value is -3.38. The van der Waals surface area contributed by atoms with Gasteiger partial charge in [0.25, 0.3) is 11.6 Å². The van der Waals surface area contributed by atoms with Gasteiger partial charge in [-0.2, -0.15) is 0 Å². The summed E-state index contributed by atoms with van der Waals surface area (Å²) in [6.45, 7) is 1.82. The van der Waals surface area contributed by atoms with Crippen LogP contribution in [0.25, 0.3) is 0 Å². The van der Waals surface area contributed by atoms with Crippen molar-refractivity contribution in [2.75, 3.05) is 0 Å². The molecule has 0 fully saturated rings. The molecule has 0 aliphatic rings. The SMILES string of the molecule is CC(NC(=O)C(F)(C#Cc1ccccc1)c1ccccc1)c1ccccc1. The van der Waals surface area contributed by atoms with Gasteiger partial charge in [-0.15, -0.1) is 0 Å². The van der Waals surface area contributed by atoms with Gasteiger partial charge in [0.05, 0.1) is 6.04 Å². The second-order valence-electron chi connectivity index (χ2n) is 6.25. The lowest BCUT2D eigenvalue weighted by molar-refractivity contribution is -0.130. The molecule has 3 aromatic rings. The molecule has 3 aromatic carbocycles. The van der Waals surface area contributed by atoms with Crippen molar-refractivity contribution in [2.45, 2.75) is 18.6 Å². The Morgan fingerprint density at radius 1 is 0.889 bits per heavy atom. The van der Waals surface area contributed by atoms with Crippen molar-refractivity contribution in [1.82, 2.24) is 5.32 Å². The zero-order valence-corrected chi connectivity index (χ0v) is 15.0. The predicted octanol–water partition coefficient (Wildman–Crippen LogP) is 4.78. The average molecular weight is 357 g/mol. The zero-order valence-electron chi connectivity index (χ0n) is 15.0. The molecule has 0 aliphatic carbocycles. The summed E-state index contributed by atoms with van der Waals surface area (Å²) in [5, 5.41) is 2.76. The summed E-state index contributed by atoms with van der Waals surface area (Å²) in [5.41, 5.74) is -0.678. The third kappa shape index (κ3) is 4.43. The molecule has 0 spiro atoms. The first-order valence-electron chi connectivity index (χ1n) is 8.78. The van der Waals surface area contributed by atoms with E-state index in [1.165, 1.54) is 0 Å². The van der Waals surface area contributed by atoms with Crippen LogP contribution < -0.4 is 5.32 Å². The Kier molecular flexibility index (Phi) is 5.68. The minimum absolute atomic E-state index is 0.214. The molecule has 0 heterocycles. The van der Waals surface area contributed by atoms with Gasteiger partial charge in [0, 0.05) is 11.1 Å². The number of alkyl halides is 1. The van der Waals surface area contributed by atoms with Gasteiger partial charge < -0.3 is 5.32 Å². The minimum atomic E-state index is -2.44. The van der Waals surface area contributed by atoms with Gasteiger partial charge in [-0.25, -0.2) is 4.39 Å². The molecule has 0 aromatic heterocycles. The van der Waals surface area contributed by atoms with Gasteiger partial charge in [0.1, 0.15) is 0 Å². The average Bonchev–Trinajstić information content (AvgIpc) is 2.74. The summed E-state index contributed by atoms with van der Waals surface area (Å²) < 4.78 is 15.9. The van der Waals surface area contributed by atoms with Crippen LogP contribution in [-0.2, 0) is 10.5 Å². The molecular formula is C24H20FNO. The number of hydrogen-bond donors (Lipinski definition) is 1. The first-order valence-corrected chi connectivity index (χ1v) is 8.78. The Morgan fingerprint density at radius 2 is 1.41 bits per heavy atom. The summed E-state index contributed by atoms with van der Waals surface area (Å²) in [5.74, 6) is 4.58. The molecule has 2 atom stereocenters. The lowest BCUT2D eigenvalue weighted by Gasteiger charge is -2.22. The van der Waals surface area contributed by atoms with Crippen molar-refractivity contribution in [1.29, 1.82) is 0 Å². The molecule has 3 rings (SSSR count). The van der Waals surface area contributed by atoms with Crippen molar-refractivity contribution >= 4 is 5.91 Å². The van der Waals surface area contributed by atoms with Crippen molar-refractivity contribution in [3.8, 4) is 11.8 Å². The van der Waals surface area contributed by atoms with Crippen LogP contribution in [0.3, 0.4) is 0 Å². The van der Waals surface area contributed by atoms with Crippen molar-refractivity contribution in [3.05, 3.63) is 108 Å². The summed E-state index contributed by atoms with van der Waals surface area (Å²) in [6.07, 6.45) is 0. The van der Waals surface area contributed by atoms with E-state index in [9.17, 15) is 4.79 Å². The zero-order chi connectivity index (χ0) is 19.1. The maximum Gasteiger partial charge on any atom is 0.275 e. The van der Waals surface area contributed by atoms with E-state index >= 15 is 4.39 Å². The van der Waals surface area contributed by atoms with Crippen molar-refractivity contribution in [3.63, 3.8) is 0 Å². The van der Waals surface area contributed by atoms with Crippen LogP contribution in [0, 0.1) is 11.8 Å². The molecule has 1 N–H and O–H groups in total. The van der Waals surface area contributed by atoms with Gasteiger partial charge in [-0.3, -0.25) is 4.79 Å². The van der Waals surface area contributed by atoms with Crippen LogP contribution in [0.5, 0.6) is 0 Å². The van der Waals surface area contributed by atoms with Crippen molar-refractivity contribution in [2.24, 2.45) is 0 Å². The van der Waals surface area contributed by atoms with E-state index in [1.807, 2.05) is 55.5 Å². The van der Waals surface area contributed by atoms with Crippen LogP contribution >= 0.6 is 0 Å². The van der Waals surface area contributed by atoms with Crippen LogP contribution in [0.4, 0.5) is 4.39 Å². The molecule has 0 radical (unpaired) electrons. The number of halogens is 1. The molecular weight excluding hydrogens is 337 g/mol. The van der Waals surface area contributed by atoms with Gasteiger partial charge in [0.15, 0.2) is 0 Å². The molecule has 2 nitrogen and oxygen atoms in total. The quantitative estimate of drug-likeness (QED) is 0.669. The number of hydrogen-bond acceptors (Lipinski definition) is 1. The summed E-state index contributed by atoms with van der Waals surface area (Å²) in [6, 6.07) is 26.5. The lowest BCUT2D eigenvalue weighted by atomic mass is 9.94. The second kappa shape index (κ2) is 8.33. The van der Waals surface area contributed by atoms with E-state index in [1.54, 1.807) is 42.5 Å². The highest BCUT2D eigenvalue weighted by molar-refractivity contribution is 5.90. The Bertz CT molecular complexity index is 945. The van der Waals surface area contributed by atoms with E-state index in [0.29, 0.717) is 5.56 Å². The second-order valence-corrected chi connectivity index (χ2v) is 6.25. The smallest absolute Gasteiger partial charge is 0.275 e. The van der Waals surface area contributed by atoms with Gasteiger partial charge in [0.2, 0.25) is 0 Å². The third-order valence-electron chi connectivity index (χ3n) is 4.28. The van der Waals surface area contributed by atoms with Crippen LogP contribution in [-0.4, -0.2) is 5.91 Å². The fraction of sp³-hybridized carbons (Fsp3) is 0.125. The first-order chi connectivity index (χ1) is 13.1. The van der Waals surface area contributed by atoms with Gasteiger partial charge >= 0.3 is 0 Å². The Morgan fingerprint density at radius 3 is 2.00 bits per heavy atom. The van der Waals surface area contributed by atoms with Crippen molar-refractivity contribution < 1.29 is 9.18 Å². The minimum Gasteiger partial charge on any atom is -0.346 e.